The molecular formula is C21H29NO2. The van der Waals surface area contributed by atoms with Gasteiger partial charge < -0.3 is 10.0 Å². The first-order chi connectivity index (χ1) is 11.3. The van der Waals surface area contributed by atoms with Crippen LogP contribution in [-0.4, -0.2) is 29.0 Å². The number of nitrogens with zero attached hydrogens (tertiary/aromatic N) is 1. The maximum atomic E-state index is 12.9. The average molecular weight is 327 g/mol. The molecule has 0 radical (unpaired) electrons. The fourth-order valence-corrected chi connectivity index (χ4v) is 4.20. The molecule has 2 fully saturated rings. The number of phenols is 1. The maximum Gasteiger partial charge on any atom is 0.226 e. The van der Waals surface area contributed by atoms with Gasteiger partial charge in [0.05, 0.1) is 5.92 Å². The van der Waals surface area contributed by atoms with Crippen LogP contribution in [0.15, 0.2) is 35.9 Å². The van der Waals surface area contributed by atoms with Gasteiger partial charge in [0.15, 0.2) is 0 Å². The Kier molecular flexibility index (Phi) is 4.46. The van der Waals surface area contributed by atoms with Crippen molar-refractivity contribution in [3.8, 4) is 5.75 Å². The minimum absolute atomic E-state index is 0.0994. The van der Waals surface area contributed by atoms with Crippen LogP contribution in [0.2, 0.25) is 0 Å². The van der Waals surface area contributed by atoms with E-state index in [1.165, 1.54) is 11.1 Å². The van der Waals surface area contributed by atoms with Crippen LogP contribution in [0.4, 0.5) is 0 Å². The van der Waals surface area contributed by atoms with Crippen molar-refractivity contribution in [2.24, 2.45) is 17.3 Å². The van der Waals surface area contributed by atoms with Crippen LogP contribution in [0.1, 0.15) is 52.0 Å². The number of piperidine rings is 1. The summed E-state index contributed by atoms with van der Waals surface area (Å²) >= 11 is 0. The first kappa shape index (κ1) is 17.1. The molecular weight excluding hydrogens is 298 g/mol. The summed E-state index contributed by atoms with van der Waals surface area (Å²) in [4.78, 5) is 15.0. The highest BCUT2D eigenvalue weighted by Gasteiger charge is 2.61. The van der Waals surface area contributed by atoms with Gasteiger partial charge in [-0.05, 0) is 61.6 Å². The fourth-order valence-electron chi connectivity index (χ4n) is 4.20. The molecule has 130 valence electrons. The third-order valence-electron chi connectivity index (χ3n) is 5.86. The Labute approximate surface area is 145 Å². The zero-order valence-corrected chi connectivity index (χ0v) is 15.2. The molecule has 3 nitrogen and oxygen atoms in total. The summed E-state index contributed by atoms with van der Waals surface area (Å²) in [5.41, 5.74) is 2.67. The second-order valence-corrected chi connectivity index (χ2v) is 8.26. The minimum Gasteiger partial charge on any atom is -0.508 e. The smallest absolute Gasteiger partial charge is 0.226 e. The van der Waals surface area contributed by atoms with Gasteiger partial charge in [0.1, 0.15) is 5.75 Å². The Hall–Kier alpha value is -1.77. The van der Waals surface area contributed by atoms with Crippen LogP contribution in [0.3, 0.4) is 0 Å². The second-order valence-electron chi connectivity index (χ2n) is 8.26. The van der Waals surface area contributed by atoms with E-state index in [1.54, 1.807) is 12.1 Å². The van der Waals surface area contributed by atoms with Crippen LogP contribution in [-0.2, 0) is 4.79 Å². The molecule has 3 heteroatoms. The fraction of sp³-hybridized carbons (Fsp3) is 0.571. The first-order valence-corrected chi connectivity index (χ1v) is 9.03. The normalized spacial score (nSPS) is 26.1. The molecule has 24 heavy (non-hydrogen) atoms. The van der Waals surface area contributed by atoms with Crippen LogP contribution >= 0.6 is 0 Å². The van der Waals surface area contributed by atoms with Crippen molar-refractivity contribution in [3.63, 3.8) is 0 Å². The van der Waals surface area contributed by atoms with Crippen molar-refractivity contribution in [3.05, 3.63) is 41.5 Å². The Morgan fingerprint density at radius 3 is 2.29 bits per heavy atom. The zero-order valence-electron chi connectivity index (χ0n) is 15.2. The summed E-state index contributed by atoms with van der Waals surface area (Å²) < 4.78 is 0. The van der Waals surface area contributed by atoms with E-state index < -0.39 is 0 Å². The SMILES string of the molecule is CC(C)=C[C@H]1[C@H](C(=O)N2CCC(c3ccc(O)cc3)CC2)C1(C)C. The highest BCUT2D eigenvalue weighted by atomic mass is 16.3. The van der Waals surface area contributed by atoms with Gasteiger partial charge in [-0.2, -0.15) is 0 Å². The lowest BCUT2D eigenvalue weighted by atomic mass is 9.89. The summed E-state index contributed by atoms with van der Waals surface area (Å²) in [6.45, 7) is 10.3. The number of hydrogen-bond acceptors (Lipinski definition) is 2. The summed E-state index contributed by atoms with van der Waals surface area (Å²) in [6.07, 6.45) is 4.29. The molecule has 0 bridgehead atoms. The molecule has 1 saturated carbocycles. The van der Waals surface area contributed by atoms with Crippen molar-refractivity contribution >= 4 is 5.91 Å². The lowest BCUT2D eigenvalue weighted by Crippen LogP contribution is -2.39. The van der Waals surface area contributed by atoms with Gasteiger partial charge in [-0.15, -0.1) is 0 Å². The van der Waals surface area contributed by atoms with Gasteiger partial charge in [-0.1, -0.05) is 37.6 Å². The largest absolute Gasteiger partial charge is 0.508 e. The van der Waals surface area contributed by atoms with E-state index in [0.717, 1.165) is 25.9 Å². The zero-order chi connectivity index (χ0) is 17.5. The highest BCUT2D eigenvalue weighted by molar-refractivity contribution is 5.84. The molecule has 1 amide bonds. The molecule has 1 N–H and O–H groups in total. The second kappa shape index (κ2) is 6.27. The summed E-state index contributed by atoms with van der Waals surface area (Å²) in [6, 6.07) is 7.52. The molecule has 0 unspecified atom stereocenters. The Bertz CT molecular complexity index is 632. The molecule has 0 spiro atoms. The van der Waals surface area contributed by atoms with E-state index in [4.69, 9.17) is 0 Å². The van der Waals surface area contributed by atoms with Gasteiger partial charge in [0.2, 0.25) is 5.91 Å². The standard InChI is InChI=1S/C21H29NO2/c1-14(2)13-18-19(21(18,3)4)20(24)22-11-9-16(10-12-22)15-5-7-17(23)8-6-15/h5-8,13,16,18-19,23H,9-12H2,1-4H3/t18-,19+/m0/s1. The van der Waals surface area contributed by atoms with Crippen molar-refractivity contribution in [1.29, 1.82) is 0 Å². The first-order valence-electron chi connectivity index (χ1n) is 9.03. The number of allylic oxidation sites excluding steroid dienone is 2. The minimum atomic E-state index is 0.0994. The van der Waals surface area contributed by atoms with Gasteiger partial charge in [-0.25, -0.2) is 0 Å². The van der Waals surface area contributed by atoms with Crippen molar-refractivity contribution in [1.82, 2.24) is 4.90 Å². The van der Waals surface area contributed by atoms with E-state index in [0.29, 0.717) is 23.5 Å². The predicted molar refractivity (Wildman–Crippen MR) is 96.9 cm³/mol. The van der Waals surface area contributed by atoms with Gasteiger partial charge in [0, 0.05) is 13.1 Å². The number of aromatic hydroxyl groups is 1. The van der Waals surface area contributed by atoms with Crippen molar-refractivity contribution in [2.75, 3.05) is 13.1 Å². The molecule has 1 aliphatic carbocycles. The maximum absolute atomic E-state index is 12.9. The van der Waals surface area contributed by atoms with Crippen LogP contribution in [0.25, 0.3) is 0 Å². The number of likely N-dealkylation sites (tertiary alicyclic amines) is 1. The third kappa shape index (κ3) is 3.22. The lowest BCUT2D eigenvalue weighted by molar-refractivity contribution is -0.134. The molecule has 2 aliphatic rings. The molecule has 2 atom stereocenters. The molecule has 1 aliphatic heterocycles. The topological polar surface area (TPSA) is 40.5 Å². The lowest BCUT2D eigenvalue weighted by Gasteiger charge is -2.32. The number of carbonyl (C=O) groups excluding carboxylic acids is 1. The van der Waals surface area contributed by atoms with E-state index in [1.807, 2.05) is 12.1 Å². The summed E-state index contributed by atoms with van der Waals surface area (Å²) in [7, 11) is 0. The summed E-state index contributed by atoms with van der Waals surface area (Å²) in [5, 5.41) is 9.42. The number of benzene rings is 1. The monoisotopic (exact) mass is 327 g/mol. The predicted octanol–water partition coefficient (Wildman–Crippen LogP) is 4.34. The molecule has 1 aromatic rings. The van der Waals surface area contributed by atoms with Gasteiger partial charge >= 0.3 is 0 Å². The highest BCUT2D eigenvalue weighted by Crippen LogP contribution is 2.60. The summed E-state index contributed by atoms with van der Waals surface area (Å²) in [5.74, 6) is 1.69. The van der Waals surface area contributed by atoms with Gasteiger partial charge in [0.25, 0.3) is 0 Å². The Balaban J connectivity index is 1.60. The number of amides is 1. The van der Waals surface area contributed by atoms with Gasteiger partial charge in [-0.3, -0.25) is 4.79 Å². The average Bonchev–Trinajstić information content (AvgIpc) is 3.07. The van der Waals surface area contributed by atoms with E-state index in [2.05, 4.69) is 38.7 Å². The number of hydrogen-bond donors (Lipinski definition) is 1. The molecule has 1 heterocycles. The number of phenolic OH excluding ortho intramolecular Hbond substituents is 1. The quantitative estimate of drug-likeness (QED) is 0.839. The molecule has 3 rings (SSSR count). The van der Waals surface area contributed by atoms with Crippen LogP contribution < -0.4 is 0 Å². The van der Waals surface area contributed by atoms with Crippen LogP contribution in [0, 0.1) is 17.3 Å². The van der Waals surface area contributed by atoms with Crippen LogP contribution in [0.5, 0.6) is 5.75 Å². The number of carbonyl (C=O) groups is 1. The Morgan fingerprint density at radius 1 is 1.17 bits per heavy atom. The van der Waals surface area contributed by atoms with E-state index in [-0.39, 0.29) is 11.3 Å². The van der Waals surface area contributed by atoms with E-state index >= 15 is 0 Å². The Morgan fingerprint density at radius 2 is 1.75 bits per heavy atom. The van der Waals surface area contributed by atoms with Crippen molar-refractivity contribution < 1.29 is 9.90 Å². The molecule has 1 aromatic carbocycles. The van der Waals surface area contributed by atoms with Crippen molar-refractivity contribution in [2.45, 2.75) is 46.5 Å². The number of rotatable bonds is 3. The third-order valence-corrected chi connectivity index (χ3v) is 5.86. The molecule has 1 saturated heterocycles. The van der Waals surface area contributed by atoms with E-state index in [9.17, 15) is 9.90 Å². The molecule has 0 aromatic heterocycles.